The van der Waals surface area contributed by atoms with Crippen molar-refractivity contribution < 1.29 is 41.8 Å². The monoisotopic (exact) mass is 431 g/mol. The molecule has 1 saturated heterocycles. The highest BCUT2D eigenvalue weighted by Crippen LogP contribution is 2.29. The van der Waals surface area contributed by atoms with Gasteiger partial charge in [0.2, 0.25) is 0 Å². The van der Waals surface area contributed by atoms with Gasteiger partial charge in [-0.05, 0) is 43.9 Å². The summed E-state index contributed by atoms with van der Waals surface area (Å²) < 4.78 is 50.4. The van der Waals surface area contributed by atoms with E-state index in [-0.39, 0.29) is 31.1 Å². The zero-order valence-corrected chi connectivity index (χ0v) is 16.7. The molecular formula is C20H24F3NO6. The molecular weight excluding hydrogens is 407 g/mol. The first-order valence-electron chi connectivity index (χ1n) is 9.50. The van der Waals surface area contributed by atoms with Crippen LogP contribution < -0.4 is 4.74 Å². The number of benzene rings is 1. The Morgan fingerprint density at radius 1 is 1.17 bits per heavy atom. The molecule has 1 aliphatic rings. The van der Waals surface area contributed by atoms with Crippen LogP contribution in [-0.2, 0) is 25.5 Å². The fourth-order valence-electron chi connectivity index (χ4n) is 3.49. The first-order valence-corrected chi connectivity index (χ1v) is 9.50. The van der Waals surface area contributed by atoms with Gasteiger partial charge in [0, 0.05) is 18.5 Å². The van der Waals surface area contributed by atoms with E-state index in [4.69, 9.17) is 9.47 Å². The van der Waals surface area contributed by atoms with Crippen molar-refractivity contribution in [2.45, 2.75) is 45.0 Å². The molecule has 1 aliphatic heterocycles. The number of rotatable bonds is 7. The van der Waals surface area contributed by atoms with Crippen molar-refractivity contribution in [3.05, 3.63) is 29.8 Å². The van der Waals surface area contributed by atoms with E-state index in [0.717, 1.165) is 0 Å². The number of ether oxygens (including phenoxy) is 3. The fourth-order valence-corrected chi connectivity index (χ4v) is 3.49. The minimum atomic E-state index is -4.78. The van der Waals surface area contributed by atoms with Gasteiger partial charge in [0.25, 0.3) is 0 Å². The van der Waals surface area contributed by atoms with Crippen LogP contribution in [0.2, 0.25) is 0 Å². The number of methoxy groups -OCH3 is 1. The second-order valence-electron chi connectivity index (χ2n) is 6.88. The van der Waals surface area contributed by atoms with Crippen molar-refractivity contribution in [3.8, 4) is 5.75 Å². The van der Waals surface area contributed by atoms with Crippen LogP contribution in [0.3, 0.4) is 0 Å². The lowest BCUT2D eigenvalue weighted by Gasteiger charge is -2.38. The number of carbonyl (C=O) groups excluding carboxylic acids is 3. The highest BCUT2D eigenvalue weighted by molar-refractivity contribution is 5.96. The molecule has 0 bridgehead atoms. The Balaban J connectivity index is 2.09. The van der Waals surface area contributed by atoms with Crippen LogP contribution in [0.15, 0.2) is 24.3 Å². The summed E-state index contributed by atoms with van der Waals surface area (Å²) in [5, 5.41) is 0. The van der Waals surface area contributed by atoms with E-state index in [0.29, 0.717) is 24.8 Å². The summed E-state index contributed by atoms with van der Waals surface area (Å²) in [7, 11) is 1.25. The SMILES string of the molecule is CCOC(=O)CC(=O)C1CCN(C(=O)OC)C(Cc2ccc(OC(F)(F)F)cc2)C1. The molecule has 0 aromatic heterocycles. The molecule has 0 aliphatic carbocycles. The highest BCUT2D eigenvalue weighted by atomic mass is 19.4. The summed E-state index contributed by atoms with van der Waals surface area (Å²) >= 11 is 0. The smallest absolute Gasteiger partial charge is 0.466 e. The average molecular weight is 431 g/mol. The van der Waals surface area contributed by atoms with Crippen molar-refractivity contribution >= 4 is 17.8 Å². The van der Waals surface area contributed by atoms with Crippen molar-refractivity contribution in [2.75, 3.05) is 20.3 Å². The van der Waals surface area contributed by atoms with Crippen LogP contribution in [0.1, 0.15) is 31.7 Å². The number of hydrogen-bond acceptors (Lipinski definition) is 6. The third kappa shape index (κ3) is 6.93. The summed E-state index contributed by atoms with van der Waals surface area (Å²) in [6.45, 7) is 2.10. The molecule has 1 aromatic carbocycles. The molecule has 1 heterocycles. The van der Waals surface area contributed by atoms with E-state index in [1.807, 2.05) is 0 Å². The van der Waals surface area contributed by atoms with Gasteiger partial charge >= 0.3 is 18.4 Å². The van der Waals surface area contributed by atoms with Gasteiger partial charge in [-0.15, -0.1) is 13.2 Å². The van der Waals surface area contributed by atoms with Gasteiger partial charge in [-0.1, -0.05) is 12.1 Å². The first kappa shape index (κ1) is 23.5. The number of carbonyl (C=O) groups is 3. The van der Waals surface area contributed by atoms with E-state index in [1.165, 1.54) is 36.3 Å². The van der Waals surface area contributed by atoms with Gasteiger partial charge in [0.15, 0.2) is 0 Å². The standard InChI is InChI=1S/C20H24F3NO6/c1-3-29-18(26)12-17(25)14-8-9-24(19(27)28-2)15(11-14)10-13-4-6-16(7-5-13)30-20(21,22)23/h4-7,14-15H,3,8-12H2,1-2H3. The van der Waals surface area contributed by atoms with Gasteiger partial charge < -0.3 is 19.1 Å². The average Bonchev–Trinajstić information content (AvgIpc) is 2.68. The molecule has 10 heteroatoms. The molecule has 2 unspecified atom stereocenters. The van der Waals surface area contributed by atoms with Crippen molar-refractivity contribution in [3.63, 3.8) is 0 Å². The number of amides is 1. The zero-order chi connectivity index (χ0) is 22.3. The molecule has 1 fully saturated rings. The van der Waals surface area contributed by atoms with E-state index in [1.54, 1.807) is 6.92 Å². The Morgan fingerprint density at radius 3 is 2.40 bits per heavy atom. The van der Waals surface area contributed by atoms with Crippen LogP contribution >= 0.6 is 0 Å². The molecule has 0 spiro atoms. The normalized spacial score (nSPS) is 19.2. The van der Waals surface area contributed by atoms with E-state index >= 15 is 0 Å². The quantitative estimate of drug-likeness (QED) is 0.486. The Bertz CT molecular complexity index is 750. The molecule has 166 valence electrons. The third-order valence-electron chi connectivity index (χ3n) is 4.83. The highest BCUT2D eigenvalue weighted by Gasteiger charge is 2.36. The summed E-state index contributed by atoms with van der Waals surface area (Å²) in [6, 6.07) is 4.92. The molecule has 2 atom stereocenters. The Hall–Kier alpha value is -2.78. The minimum absolute atomic E-state index is 0.184. The third-order valence-corrected chi connectivity index (χ3v) is 4.83. The molecule has 1 amide bonds. The molecule has 0 N–H and O–H groups in total. The van der Waals surface area contributed by atoms with Gasteiger partial charge in [0.1, 0.15) is 18.0 Å². The number of esters is 1. The molecule has 1 aromatic rings. The number of halogens is 3. The summed E-state index contributed by atoms with van der Waals surface area (Å²) in [6.07, 6.45) is -4.64. The maximum Gasteiger partial charge on any atom is 0.573 e. The van der Waals surface area contributed by atoms with Crippen molar-refractivity contribution in [1.29, 1.82) is 0 Å². The van der Waals surface area contributed by atoms with Crippen LogP contribution in [0, 0.1) is 5.92 Å². The summed E-state index contributed by atoms with van der Waals surface area (Å²) in [5.41, 5.74) is 0.668. The number of Topliss-reactive ketones (excluding diaryl/α,β-unsaturated/α-hetero) is 1. The van der Waals surface area contributed by atoms with E-state index < -0.39 is 30.4 Å². The van der Waals surface area contributed by atoms with E-state index in [2.05, 4.69) is 4.74 Å². The van der Waals surface area contributed by atoms with Gasteiger partial charge in [-0.3, -0.25) is 9.59 Å². The van der Waals surface area contributed by atoms with Gasteiger partial charge in [-0.25, -0.2) is 4.79 Å². The first-order chi connectivity index (χ1) is 14.1. The predicted octanol–water partition coefficient (Wildman–Crippen LogP) is 3.50. The molecule has 2 rings (SSSR count). The van der Waals surface area contributed by atoms with Crippen molar-refractivity contribution in [1.82, 2.24) is 4.90 Å². The Labute approximate surface area is 172 Å². The Morgan fingerprint density at radius 2 is 1.83 bits per heavy atom. The number of hydrogen-bond donors (Lipinski definition) is 0. The number of ketones is 1. The van der Waals surface area contributed by atoms with E-state index in [9.17, 15) is 27.6 Å². The van der Waals surface area contributed by atoms with Crippen LogP contribution in [0.5, 0.6) is 5.75 Å². The number of alkyl halides is 3. The lowest BCUT2D eigenvalue weighted by molar-refractivity contribution is -0.274. The maximum atomic E-state index is 12.4. The second-order valence-corrected chi connectivity index (χ2v) is 6.88. The number of likely N-dealkylation sites (tertiary alicyclic amines) is 1. The largest absolute Gasteiger partial charge is 0.573 e. The lowest BCUT2D eigenvalue weighted by Crippen LogP contribution is -2.48. The predicted molar refractivity (Wildman–Crippen MR) is 98.7 cm³/mol. The summed E-state index contributed by atoms with van der Waals surface area (Å²) in [5.74, 6) is -1.61. The Kier molecular flexibility index (Phi) is 8.08. The van der Waals surface area contributed by atoms with Crippen LogP contribution in [0.4, 0.5) is 18.0 Å². The second kappa shape index (κ2) is 10.3. The fraction of sp³-hybridized carbons (Fsp3) is 0.550. The molecule has 0 saturated carbocycles. The summed E-state index contributed by atoms with van der Waals surface area (Å²) in [4.78, 5) is 37.7. The number of nitrogens with zero attached hydrogens (tertiary/aromatic N) is 1. The zero-order valence-electron chi connectivity index (χ0n) is 16.7. The van der Waals surface area contributed by atoms with Crippen LogP contribution in [0.25, 0.3) is 0 Å². The topological polar surface area (TPSA) is 82.1 Å². The molecule has 0 radical (unpaired) electrons. The van der Waals surface area contributed by atoms with Gasteiger partial charge in [0.05, 0.1) is 13.7 Å². The lowest BCUT2D eigenvalue weighted by atomic mass is 9.84. The van der Waals surface area contributed by atoms with Gasteiger partial charge in [-0.2, -0.15) is 0 Å². The van der Waals surface area contributed by atoms with Crippen LogP contribution in [-0.4, -0.2) is 55.4 Å². The minimum Gasteiger partial charge on any atom is -0.466 e. The number of piperidine rings is 1. The maximum absolute atomic E-state index is 12.4. The molecule has 30 heavy (non-hydrogen) atoms. The molecule has 7 nitrogen and oxygen atoms in total. The van der Waals surface area contributed by atoms with Crippen molar-refractivity contribution in [2.24, 2.45) is 5.92 Å².